The minimum Gasteiger partial charge on any atom is -0.508 e. The van der Waals surface area contributed by atoms with Crippen LogP contribution >= 0.6 is 0 Å². The molecule has 21 heavy (non-hydrogen) atoms. The quantitative estimate of drug-likeness (QED) is 0.740. The summed E-state index contributed by atoms with van der Waals surface area (Å²) >= 11 is 0. The second-order valence-electron chi connectivity index (χ2n) is 5.20. The lowest BCUT2D eigenvalue weighted by molar-refractivity contribution is 0.0696. The van der Waals surface area contributed by atoms with Gasteiger partial charge in [-0.3, -0.25) is 0 Å². The predicted molar refractivity (Wildman–Crippen MR) is 83.0 cm³/mol. The van der Waals surface area contributed by atoms with E-state index >= 15 is 0 Å². The first kappa shape index (κ1) is 16.8. The summed E-state index contributed by atoms with van der Waals surface area (Å²) in [6, 6.07) is 3.99. The first-order chi connectivity index (χ1) is 9.88. The summed E-state index contributed by atoms with van der Waals surface area (Å²) in [7, 11) is 0. The highest BCUT2D eigenvalue weighted by molar-refractivity contribution is 5.88. The fraction of sp³-hybridized carbons (Fsp3) is 0.353. The normalized spacial score (nSPS) is 11.1. The van der Waals surface area contributed by atoms with Gasteiger partial charge >= 0.3 is 5.97 Å². The Morgan fingerprint density at radius 2 is 1.90 bits per heavy atom. The van der Waals surface area contributed by atoms with Gasteiger partial charge in [-0.05, 0) is 51.8 Å². The van der Waals surface area contributed by atoms with E-state index in [4.69, 9.17) is 9.84 Å². The molecule has 0 unspecified atom stereocenters. The molecule has 0 saturated carbocycles. The average Bonchev–Trinajstić information content (AvgIpc) is 2.37. The number of ether oxygens (including phenoxy) is 1. The number of carboxylic acids is 1. The van der Waals surface area contributed by atoms with Crippen LogP contribution in [-0.4, -0.2) is 22.8 Å². The zero-order chi connectivity index (χ0) is 15.8. The summed E-state index contributed by atoms with van der Waals surface area (Å²) < 4.78 is 5.46. The van der Waals surface area contributed by atoms with Crippen molar-refractivity contribution in [2.45, 2.75) is 33.6 Å². The largest absolute Gasteiger partial charge is 0.508 e. The number of hydrogen-bond acceptors (Lipinski definition) is 3. The van der Waals surface area contributed by atoms with Crippen LogP contribution in [0.1, 0.15) is 44.0 Å². The molecule has 0 bridgehead atoms. The molecular formula is C17H22O4. The highest BCUT2D eigenvalue weighted by atomic mass is 16.5. The summed E-state index contributed by atoms with van der Waals surface area (Å²) in [6.07, 6.45) is 6.12. The van der Waals surface area contributed by atoms with Crippen LogP contribution < -0.4 is 4.74 Å². The molecule has 1 rings (SSSR count). The molecule has 4 nitrogen and oxygen atoms in total. The fourth-order valence-electron chi connectivity index (χ4n) is 1.76. The maximum atomic E-state index is 10.9. The number of aromatic hydroxyl groups is 1. The van der Waals surface area contributed by atoms with Gasteiger partial charge in [0.25, 0.3) is 0 Å². The van der Waals surface area contributed by atoms with Crippen molar-refractivity contribution in [3.05, 3.63) is 47.1 Å². The molecule has 0 aliphatic heterocycles. The minimum absolute atomic E-state index is 0.00857. The van der Waals surface area contributed by atoms with E-state index in [1.807, 2.05) is 13.0 Å². The Morgan fingerprint density at radius 1 is 1.19 bits per heavy atom. The monoisotopic (exact) mass is 290 g/mol. The molecule has 114 valence electrons. The van der Waals surface area contributed by atoms with Crippen LogP contribution in [0.25, 0.3) is 0 Å². The van der Waals surface area contributed by atoms with Gasteiger partial charge < -0.3 is 14.9 Å². The number of carboxylic acid groups (broad SMARTS) is 1. The Kier molecular flexibility index (Phi) is 6.53. The van der Waals surface area contributed by atoms with E-state index in [1.165, 1.54) is 29.3 Å². The lowest BCUT2D eigenvalue weighted by Gasteiger charge is -2.06. The molecule has 0 aliphatic rings. The van der Waals surface area contributed by atoms with Gasteiger partial charge in [0.1, 0.15) is 18.1 Å². The lowest BCUT2D eigenvalue weighted by Crippen LogP contribution is -1.99. The van der Waals surface area contributed by atoms with Gasteiger partial charge in [0, 0.05) is 6.07 Å². The zero-order valence-electron chi connectivity index (χ0n) is 12.7. The third-order valence-electron chi connectivity index (χ3n) is 2.91. The Bertz CT molecular complexity index is 552. The average molecular weight is 290 g/mol. The van der Waals surface area contributed by atoms with Gasteiger partial charge in [0.15, 0.2) is 0 Å². The number of carbonyl (C=O) groups is 1. The maximum absolute atomic E-state index is 10.9. The molecule has 1 aromatic rings. The molecule has 0 aromatic heterocycles. The standard InChI is InChI=1S/C17H22O4/c1-12(2)5-4-6-13(3)7-8-21-16-10-14(17(19)20)9-15(18)11-16/h5,7,9-11,18H,4,6,8H2,1-3H3,(H,19,20)/b13-7+. The summed E-state index contributed by atoms with van der Waals surface area (Å²) in [5, 5.41) is 18.4. The van der Waals surface area contributed by atoms with Crippen molar-refractivity contribution in [3.63, 3.8) is 0 Å². The highest BCUT2D eigenvalue weighted by Gasteiger charge is 2.07. The Balaban J connectivity index is 2.55. The molecule has 2 N–H and O–H groups in total. The minimum atomic E-state index is -1.09. The summed E-state index contributed by atoms with van der Waals surface area (Å²) in [6.45, 7) is 6.53. The molecule has 0 heterocycles. The SMILES string of the molecule is CC(C)=CCC/C(C)=C/COc1cc(O)cc(C(=O)O)c1. The van der Waals surface area contributed by atoms with Crippen molar-refractivity contribution < 1.29 is 19.7 Å². The number of phenolic OH excluding ortho intramolecular Hbond substituents is 1. The van der Waals surface area contributed by atoms with Crippen molar-refractivity contribution in [3.8, 4) is 11.5 Å². The van der Waals surface area contributed by atoms with Gasteiger partial charge in [-0.1, -0.05) is 17.2 Å². The predicted octanol–water partition coefficient (Wildman–Crippen LogP) is 4.16. The van der Waals surface area contributed by atoms with Crippen molar-refractivity contribution in [2.24, 2.45) is 0 Å². The van der Waals surface area contributed by atoms with Crippen LogP contribution in [0.3, 0.4) is 0 Å². The number of benzene rings is 1. The van der Waals surface area contributed by atoms with Gasteiger partial charge in [-0.25, -0.2) is 4.79 Å². The summed E-state index contributed by atoms with van der Waals surface area (Å²) in [4.78, 5) is 10.9. The molecule has 0 amide bonds. The van der Waals surface area contributed by atoms with Crippen LogP contribution in [0, 0.1) is 0 Å². The molecule has 0 aliphatic carbocycles. The van der Waals surface area contributed by atoms with Crippen LogP contribution in [0.2, 0.25) is 0 Å². The number of phenols is 1. The number of hydrogen-bond donors (Lipinski definition) is 2. The molecule has 0 spiro atoms. The Labute approximate surface area is 125 Å². The zero-order valence-corrected chi connectivity index (χ0v) is 12.7. The third kappa shape index (κ3) is 6.65. The molecule has 4 heteroatoms. The van der Waals surface area contributed by atoms with Gasteiger partial charge in [-0.2, -0.15) is 0 Å². The van der Waals surface area contributed by atoms with Gasteiger partial charge in [-0.15, -0.1) is 0 Å². The molecule has 1 aromatic carbocycles. The highest BCUT2D eigenvalue weighted by Crippen LogP contribution is 2.22. The van der Waals surface area contributed by atoms with Crippen LogP contribution in [0.4, 0.5) is 0 Å². The second kappa shape index (κ2) is 8.15. The summed E-state index contributed by atoms with van der Waals surface area (Å²) in [5.41, 5.74) is 2.53. The van der Waals surface area contributed by atoms with Crippen LogP contribution in [0.5, 0.6) is 11.5 Å². The second-order valence-corrected chi connectivity index (χ2v) is 5.20. The fourth-order valence-corrected chi connectivity index (χ4v) is 1.76. The molecule has 0 radical (unpaired) electrons. The van der Waals surface area contributed by atoms with Gasteiger partial charge in [0.2, 0.25) is 0 Å². The van der Waals surface area contributed by atoms with E-state index in [1.54, 1.807) is 0 Å². The Morgan fingerprint density at radius 3 is 2.52 bits per heavy atom. The van der Waals surface area contributed by atoms with E-state index in [2.05, 4.69) is 19.9 Å². The van der Waals surface area contributed by atoms with E-state index in [0.717, 1.165) is 12.8 Å². The molecule has 0 saturated heterocycles. The third-order valence-corrected chi connectivity index (χ3v) is 2.91. The number of rotatable bonds is 7. The van der Waals surface area contributed by atoms with Crippen molar-refractivity contribution in [2.75, 3.05) is 6.61 Å². The maximum Gasteiger partial charge on any atom is 0.335 e. The summed E-state index contributed by atoms with van der Waals surface area (Å²) in [5.74, 6) is -0.862. The lowest BCUT2D eigenvalue weighted by atomic mass is 10.1. The molecule has 0 atom stereocenters. The Hall–Kier alpha value is -2.23. The van der Waals surface area contributed by atoms with Crippen molar-refractivity contribution >= 4 is 5.97 Å². The van der Waals surface area contributed by atoms with Gasteiger partial charge in [0.05, 0.1) is 5.56 Å². The molecule has 0 fully saturated rings. The smallest absolute Gasteiger partial charge is 0.335 e. The molecular weight excluding hydrogens is 268 g/mol. The van der Waals surface area contributed by atoms with Crippen molar-refractivity contribution in [1.29, 1.82) is 0 Å². The van der Waals surface area contributed by atoms with Crippen LogP contribution in [0.15, 0.2) is 41.5 Å². The van der Waals surface area contributed by atoms with E-state index in [0.29, 0.717) is 12.4 Å². The van der Waals surface area contributed by atoms with Crippen molar-refractivity contribution in [1.82, 2.24) is 0 Å². The number of aromatic carboxylic acids is 1. The first-order valence-electron chi connectivity index (χ1n) is 6.87. The van der Waals surface area contributed by atoms with E-state index in [-0.39, 0.29) is 11.3 Å². The van der Waals surface area contributed by atoms with Crippen LogP contribution in [-0.2, 0) is 0 Å². The first-order valence-corrected chi connectivity index (χ1v) is 6.87. The van der Waals surface area contributed by atoms with E-state index < -0.39 is 5.97 Å². The number of allylic oxidation sites excluding steroid dienone is 3. The topological polar surface area (TPSA) is 66.8 Å². The van der Waals surface area contributed by atoms with E-state index in [9.17, 15) is 9.90 Å².